The molecule has 1 heterocycles. The molecular formula is C9H5FN2OWY-2. The molecule has 15 heavy (non-hydrogen) atoms. The molecule has 2 aromatic rings. The molecule has 0 aliphatic rings. The van der Waals surface area contributed by atoms with Gasteiger partial charge in [-0.05, 0) is 17.5 Å². The third-order valence-electron chi connectivity index (χ3n) is 1.76. The zero-order valence-electron chi connectivity index (χ0n) is 7.53. The molecule has 1 aromatic heterocycles. The Bertz CT molecular complexity index is 486. The van der Waals surface area contributed by atoms with E-state index in [-0.39, 0.29) is 65.3 Å². The number of hydrogen-bond donors (Lipinski definition) is 0. The van der Waals surface area contributed by atoms with Gasteiger partial charge in [-0.15, -0.1) is 11.2 Å². The van der Waals surface area contributed by atoms with Gasteiger partial charge in [-0.1, -0.05) is 12.1 Å². The van der Waals surface area contributed by atoms with Gasteiger partial charge in [0.15, 0.2) is 0 Å². The van der Waals surface area contributed by atoms with Crippen LogP contribution < -0.4 is 4.98 Å². The van der Waals surface area contributed by atoms with Crippen LogP contribution in [0.4, 0.5) is 4.39 Å². The quantitative estimate of drug-likeness (QED) is 0.671. The minimum atomic E-state index is -0.850. The maximum Gasteiger partial charge on any atom is 0.123 e. The fourth-order valence-electron chi connectivity index (χ4n) is 1.17. The van der Waals surface area contributed by atoms with Crippen molar-refractivity contribution in [2.45, 2.75) is 0 Å². The van der Waals surface area contributed by atoms with Crippen LogP contribution in [0.3, 0.4) is 0 Å². The van der Waals surface area contributed by atoms with Crippen LogP contribution in [0.25, 0.3) is 16.6 Å². The number of nitrogens with zero attached hydrogens (tertiary/aromatic N) is 1. The fourth-order valence-corrected chi connectivity index (χ4v) is 1.17. The number of nitrogens with one attached hydrogen (secondary N) is 1. The standard InChI is InChI=1S/C9H6FN2O.W.Y/c10-6-1-2-7-5(3-6)4-8(12-7)9(11)13;;/h1-4H,(H2-,11,12,13);;/q-1;;/p-1. The smallest absolute Gasteiger partial charge is 0.123 e. The van der Waals surface area contributed by atoms with E-state index in [0.29, 0.717) is 10.9 Å². The molecule has 0 atom stereocenters. The average molecular weight is 449 g/mol. The Morgan fingerprint density at radius 2 is 2.00 bits per heavy atom. The fraction of sp³-hybridized carbons (Fsp3) is 0. The molecule has 1 amide bonds. The monoisotopic (exact) mass is 449 g/mol. The van der Waals surface area contributed by atoms with Gasteiger partial charge in [-0.25, -0.2) is 4.39 Å². The van der Waals surface area contributed by atoms with Gasteiger partial charge in [0.25, 0.3) is 0 Å². The molecule has 0 saturated carbocycles. The van der Waals surface area contributed by atoms with E-state index < -0.39 is 5.91 Å². The summed E-state index contributed by atoms with van der Waals surface area (Å²) in [5.41, 5.74) is 7.40. The molecular weight excluding hydrogens is 444 g/mol. The number of rotatable bonds is 1. The van der Waals surface area contributed by atoms with E-state index in [2.05, 4.69) is 4.98 Å². The number of benzene rings is 1. The van der Waals surface area contributed by atoms with Crippen LogP contribution in [0.15, 0.2) is 24.3 Å². The number of aromatic nitrogens is 1. The van der Waals surface area contributed by atoms with E-state index >= 15 is 0 Å². The molecule has 0 fully saturated rings. The predicted octanol–water partition coefficient (Wildman–Crippen LogP) is 2.12. The van der Waals surface area contributed by atoms with Gasteiger partial charge in [-0.3, -0.25) is 0 Å². The van der Waals surface area contributed by atoms with Crippen molar-refractivity contribution in [3.63, 3.8) is 0 Å². The normalized spacial score (nSPS) is 9.13. The molecule has 0 aliphatic heterocycles. The van der Waals surface area contributed by atoms with Gasteiger partial charge >= 0.3 is 0 Å². The van der Waals surface area contributed by atoms with Gasteiger partial charge in [-0.2, -0.15) is 0 Å². The first-order valence-corrected chi connectivity index (χ1v) is 3.66. The van der Waals surface area contributed by atoms with E-state index in [1.807, 2.05) is 0 Å². The summed E-state index contributed by atoms with van der Waals surface area (Å²) in [4.78, 5) is 14.5. The molecule has 75 valence electrons. The maximum atomic E-state index is 12.7. The largest absolute Gasteiger partial charge is 0.665 e. The Hall–Kier alpha value is -0.0478. The van der Waals surface area contributed by atoms with Crippen molar-refractivity contribution in [1.29, 1.82) is 0 Å². The molecule has 0 unspecified atom stereocenters. The first-order valence-electron chi connectivity index (χ1n) is 3.66. The van der Waals surface area contributed by atoms with E-state index in [0.717, 1.165) is 0 Å². The Balaban J connectivity index is 0.000000980. The van der Waals surface area contributed by atoms with Gasteiger partial charge in [0.05, 0.1) is 5.91 Å². The summed E-state index contributed by atoms with van der Waals surface area (Å²) >= 11 is 0. The predicted molar refractivity (Wildman–Crippen MR) is 45.9 cm³/mol. The molecule has 2 rings (SSSR count). The van der Waals surface area contributed by atoms with E-state index in [4.69, 9.17) is 5.73 Å². The van der Waals surface area contributed by atoms with E-state index in [1.54, 1.807) is 0 Å². The van der Waals surface area contributed by atoms with Crippen molar-refractivity contribution in [2.75, 3.05) is 0 Å². The topological polar surface area (TPSA) is 55.0 Å². The van der Waals surface area contributed by atoms with Crippen molar-refractivity contribution in [1.82, 2.24) is 4.98 Å². The van der Waals surface area contributed by atoms with Crippen molar-refractivity contribution < 1.29 is 63.0 Å². The molecule has 0 saturated heterocycles. The zero-order valence-corrected chi connectivity index (χ0v) is 13.3. The van der Waals surface area contributed by atoms with Crippen molar-refractivity contribution in [2.24, 2.45) is 0 Å². The Kier molecular flexibility index (Phi) is 5.86. The van der Waals surface area contributed by atoms with Crippen LogP contribution in [-0.2, 0) is 53.8 Å². The first-order chi connectivity index (χ1) is 6.16. The Morgan fingerprint density at radius 1 is 1.33 bits per heavy atom. The van der Waals surface area contributed by atoms with Crippen LogP contribution in [0.1, 0.15) is 10.5 Å². The van der Waals surface area contributed by atoms with Gasteiger partial charge in [0.2, 0.25) is 0 Å². The van der Waals surface area contributed by atoms with E-state index in [1.165, 1.54) is 24.3 Å². The molecule has 1 radical (unpaired) electrons. The van der Waals surface area contributed by atoms with Crippen LogP contribution in [0.2, 0.25) is 0 Å². The Labute approximate surface area is 125 Å². The summed E-state index contributed by atoms with van der Waals surface area (Å²) in [7, 11) is 0. The summed E-state index contributed by atoms with van der Waals surface area (Å²) in [6, 6.07) is 5.45. The third kappa shape index (κ3) is 3.20. The van der Waals surface area contributed by atoms with Gasteiger partial charge in [0, 0.05) is 53.8 Å². The van der Waals surface area contributed by atoms with Crippen molar-refractivity contribution in [3.8, 4) is 0 Å². The second-order valence-electron chi connectivity index (χ2n) is 2.67. The van der Waals surface area contributed by atoms with Crippen LogP contribution in [0, 0.1) is 5.82 Å². The minimum absolute atomic E-state index is 0. The second-order valence-corrected chi connectivity index (χ2v) is 2.67. The number of amides is 1. The van der Waals surface area contributed by atoms with Gasteiger partial charge < -0.3 is 15.5 Å². The van der Waals surface area contributed by atoms with Crippen molar-refractivity contribution >= 4 is 16.8 Å². The molecule has 6 heteroatoms. The molecule has 1 aromatic carbocycles. The number of halogens is 1. The minimum Gasteiger partial charge on any atom is -0.665 e. The number of carbonyl (C=O) groups is 1. The van der Waals surface area contributed by atoms with Crippen LogP contribution in [0.5, 0.6) is 0 Å². The summed E-state index contributed by atoms with van der Waals surface area (Å²) in [6.07, 6.45) is 0. The summed E-state index contributed by atoms with van der Waals surface area (Å²) in [6.45, 7) is 0. The molecule has 1 N–H and O–H groups in total. The van der Waals surface area contributed by atoms with Crippen LogP contribution in [-0.4, -0.2) is 5.91 Å². The summed E-state index contributed by atoms with van der Waals surface area (Å²) in [5.74, 6) is -1.22. The molecule has 0 bridgehead atoms. The molecule has 0 spiro atoms. The van der Waals surface area contributed by atoms with Gasteiger partial charge in [0.1, 0.15) is 5.82 Å². The SMILES string of the molecule is [NH-]C(=O)c1cc2cc(F)ccc2[n-]1.[W].[Y]. The summed E-state index contributed by atoms with van der Waals surface area (Å²) in [5, 5.41) is 0.551. The average Bonchev–Trinajstić information content (AvgIpc) is 2.46. The molecule has 0 aliphatic carbocycles. The number of hydrogen-bond acceptors (Lipinski definition) is 1. The number of carbonyl (C=O) groups excluding carboxylic acids is 1. The third-order valence-corrected chi connectivity index (χ3v) is 1.76. The zero-order chi connectivity index (χ0) is 9.42. The number of fused-ring (bicyclic) bond motifs is 1. The summed E-state index contributed by atoms with van der Waals surface area (Å²) < 4.78 is 12.7. The van der Waals surface area contributed by atoms with Crippen LogP contribution >= 0.6 is 0 Å². The molecule has 3 nitrogen and oxygen atoms in total. The second kappa shape index (κ2) is 5.88. The van der Waals surface area contributed by atoms with Crippen molar-refractivity contribution in [3.05, 3.63) is 41.5 Å². The van der Waals surface area contributed by atoms with E-state index in [9.17, 15) is 9.18 Å². The maximum absolute atomic E-state index is 12.7. The first kappa shape index (κ1) is 15.0. The Morgan fingerprint density at radius 3 is 2.60 bits per heavy atom.